The smallest absolute Gasteiger partial charge is 0.150 e. The summed E-state index contributed by atoms with van der Waals surface area (Å²) in [6.45, 7) is 0. The fourth-order valence-electron chi connectivity index (χ4n) is 2.03. The summed E-state index contributed by atoms with van der Waals surface area (Å²) >= 11 is 1.75. The summed E-state index contributed by atoms with van der Waals surface area (Å²) in [6, 6.07) is 2.06. The Morgan fingerprint density at radius 2 is 2.08 bits per heavy atom. The molecule has 1 aromatic rings. The first kappa shape index (κ1) is 8.95. The van der Waals surface area contributed by atoms with Crippen LogP contribution in [0.25, 0.3) is 0 Å². The molecule has 0 aliphatic heterocycles. The van der Waals surface area contributed by atoms with Crippen molar-refractivity contribution in [3.63, 3.8) is 0 Å². The van der Waals surface area contributed by atoms with Crippen LogP contribution in [0.1, 0.15) is 53.3 Å². The highest BCUT2D eigenvalue weighted by Crippen LogP contribution is 2.35. The van der Waals surface area contributed by atoms with Gasteiger partial charge in [-0.05, 0) is 24.8 Å². The first-order valence-corrected chi connectivity index (χ1v) is 5.82. The number of aldehydes is 1. The van der Waals surface area contributed by atoms with Gasteiger partial charge >= 0.3 is 0 Å². The van der Waals surface area contributed by atoms with Crippen molar-refractivity contribution in [2.45, 2.75) is 38.0 Å². The molecular weight excluding hydrogens is 180 g/mol. The zero-order valence-electron chi connectivity index (χ0n) is 7.66. The minimum Gasteiger partial charge on any atom is -0.298 e. The third-order valence-corrected chi connectivity index (χ3v) is 3.90. The monoisotopic (exact) mass is 194 g/mol. The van der Waals surface area contributed by atoms with Crippen molar-refractivity contribution in [3.05, 3.63) is 21.9 Å². The van der Waals surface area contributed by atoms with Gasteiger partial charge in [0.2, 0.25) is 0 Å². The Bertz CT molecular complexity index is 284. The molecule has 2 heteroatoms. The Morgan fingerprint density at radius 1 is 1.31 bits per heavy atom. The predicted molar refractivity (Wildman–Crippen MR) is 55.5 cm³/mol. The summed E-state index contributed by atoms with van der Waals surface area (Å²) in [4.78, 5) is 11.9. The topological polar surface area (TPSA) is 17.1 Å². The number of carbonyl (C=O) groups is 1. The molecule has 0 atom stereocenters. The summed E-state index contributed by atoms with van der Waals surface area (Å²) in [7, 11) is 0. The zero-order chi connectivity index (χ0) is 9.10. The van der Waals surface area contributed by atoms with E-state index in [9.17, 15) is 4.79 Å². The van der Waals surface area contributed by atoms with E-state index in [0.717, 1.165) is 17.8 Å². The fraction of sp³-hybridized carbons (Fsp3) is 0.545. The minimum atomic E-state index is 0.743. The van der Waals surface area contributed by atoms with Crippen LogP contribution in [0.4, 0.5) is 0 Å². The molecule has 1 heterocycles. The molecule has 2 rings (SSSR count). The van der Waals surface area contributed by atoms with Crippen molar-refractivity contribution in [3.8, 4) is 0 Å². The van der Waals surface area contributed by atoms with Gasteiger partial charge in [0.25, 0.3) is 0 Å². The molecule has 0 N–H and O–H groups in total. The van der Waals surface area contributed by atoms with E-state index in [1.807, 2.05) is 5.38 Å². The maximum atomic E-state index is 10.5. The highest BCUT2D eigenvalue weighted by Gasteiger charge is 2.16. The second-order valence-electron chi connectivity index (χ2n) is 3.74. The van der Waals surface area contributed by atoms with Gasteiger partial charge in [0, 0.05) is 15.8 Å². The van der Waals surface area contributed by atoms with Gasteiger partial charge in [-0.3, -0.25) is 4.79 Å². The molecule has 1 fully saturated rings. The summed E-state index contributed by atoms with van der Waals surface area (Å²) in [5.41, 5.74) is 0.852. The maximum Gasteiger partial charge on any atom is 0.150 e. The average Bonchev–Trinajstić information content (AvgIpc) is 2.67. The number of carbonyl (C=O) groups excluding carboxylic acids is 1. The lowest BCUT2D eigenvalue weighted by Gasteiger charge is -2.19. The first-order valence-electron chi connectivity index (χ1n) is 4.94. The van der Waals surface area contributed by atoms with E-state index in [4.69, 9.17) is 0 Å². The van der Waals surface area contributed by atoms with Gasteiger partial charge in [-0.2, -0.15) is 0 Å². The maximum absolute atomic E-state index is 10.5. The predicted octanol–water partition coefficient (Wildman–Crippen LogP) is 3.61. The Hall–Kier alpha value is -0.630. The third-order valence-electron chi connectivity index (χ3n) is 2.78. The van der Waals surface area contributed by atoms with Gasteiger partial charge < -0.3 is 0 Å². The molecule has 0 radical (unpaired) electrons. The molecule has 70 valence electrons. The SMILES string of the molecule is O=Cc1csc(C2CCCCC2)c1. The van der Waals surface area contributed by atoms with Crippen LogP contribution in [0.2, 0.25) is 0 Å². The molecule has 0 aromatic carbocycles. The summed E-state index contributed by atoms with van der Waals surface area (Å²) in [5.74, 6) is 0.743. The van der Waals surface area contributed by atoms with Gasteiger partial charge in [0.15, 0.2) is 6.29 Å². The van der Waals surface area contributed by atoms with E-state index in [0.29, 0.717) is 0 Å². The molecule has 1 aromatic heterocycles. The normalized spacial score (nSPS) is 18.8. The number of hydrogen-bond acceptors (Lipinski definition) is 2. The zero-order valence-corrected chi connectivity index (χ0v) is 8.48. The van der Waals surface area contributed by atoms with Crippen LogP contribution in [-0.4, -0.2) is 6.29 Å². The van der Waals surface area contributed by atoms with Crippen LogP contribution in [0, 0.1) is 0 Å². The Labute approximate surface area is 82.8 Å². The fourth-order valence-corrected chi connectivity index (χ4v) is 3.06. The van der Waals surface area contributed by atoms with Crippen molar-refractivity contribution in [2.75, 3.05) is 0 Å². The largest absolute Gasteiger partial charge is 0.298 e. The first-order chi connectivity index (χ1) is 6.40. The van der Waals surface area contributed by atoms with Crippen molar-refractivity contribution in [1.29, 1.82) is 0 Å². The summed E-state index contributed by atoms with van der Waals surface area (Å²) in [6.07, 6.45) is 7.70. The van der Waals surface area contributed by atoms with E-state index in [1.54, 1.807) is 11.3 Å². The van der Waals surface area contributed by atoms with Crippen LogP contribution in [-0.2, 0) is 0 Å². The summed E-state index contributed by atoms with van der Waals surface area (Å²) in [5, 5.41) is 1.97. The van der Waals surface area contributed by atoms with Gasteiger partial charge in [0.05, 0.1) is 0 Å². The van der Waals surface area contributed by atoms with Crippen LogP contribution < -0.4 is 0 Å². The van der Waals surface area contributed by atoms with Gasteiger partial charge in [-0.1, -0.05) is 19.3 Å². The molecule has 1 saturated carbocycles. The van der Waals surface area contributed by atoms with E-state index in [1.165, 1.54) is 37.0 Å². The van der Waals surface area contributed by atoms with Gasteiger partial charge in [-0.15, -0.1) is 11.3 Å². The van der Waals surface area contributed by atoms with Gasteiger partial charge in [0.1, 0.15) is 0 Å². The third kappa shape index (κ3) is 1.99. The Morgan fingerprint density at radius 3 is 2.69 bits per heavy atom. The molecule has 0 saturated heterocycles. The van der Waals surface area contributed by atoms with Crippen LogP contribution in [0.15, 0.2) is 11.4 Å². The lowest BCUT2D eigenvalue weighted by Crippen LogP contribution is -2.02. The average molecular weight is 194 g/mol. The highest BCUT2D eigenvalue weighted by atomic mass is 32.1. The quantitative estimate of drug-likeness (QED) is 0.657. The van der Waals surface area contributed by atoms with E-state index in [2.05, 4.69) is 6.07 Å². The highest BCUT2D eigenvalue weighted by molar-refractivity contribution is 7.10. The van der Waals surface area contributed by atoms with Gasteiger partial charge in [-0.25, -0.2) is 0 Å². The van der Waals surface area contributed by atoms with Crippen LogP contribution in [0.5, 0.6) is 0 Å². The lowest BCUT2D eigenvalue weighted by molar-refractivity contribution is 0.112. The summed E-state index contributed by atoms with van der Waals surface area (Å²) < 4.78 is 0. The molecule has 1 aliphatic rings. The molecule has 1 aliphatic carbocycles. The minimum absolute atomic E-state index is 0.743. The standard InChI is InChI=1S/C11H14OS/c12-7-9-6-11(13-8-9)10-4-2-1-3-5-10/h6-8,10H,1-5H2. The number of hydrogen-bond donors (Lipinski definition) is 0. The number of rotatable bonds is 2. The van der Waals surface area contributed by atoms with Crippen molar-refractivity contribution < 1.29 is 4.79 Å². The molecule has 1 nitrogen and oxygen atoms in total. The van der Waals surface area contributed by atoms with Crippen molar-refractivity contribution >= 4 is 17.6 Å². The van der Waals surface area contributed by atoms with E-state index >= 15 is 0 Å². The molecular formula is C11H14OS. The lowest BCUT2D eigenvalue weighted by atomic mass is 9.88. The molecule has 0 spiro atoms. The Balaban J connectivity index is 2.09. The molecule has 0 amide bonds. The van der Waals surface area contributed by atoms with E-state index in [-0.39, 0.29) is 0 Å². The second kappa shape index (κ2) is 4.05. The van der Waals surface area contributed by atoms with Crippen molar-refractivity contribution in [1.82, 2.24) is 0 Å². The van der Waals surface area contributed by atoms with Crippen molar-refractivity contribution in [2.24, 2.45) is 0 Å². The van der Waals surface area contributed by atoms with Crippen LogP contribution >= 0.6 is 11.3 Å². The molecule has 0 bridgehead atoms. The number of thiophene rings is 1. The van der Waals surface area contributed by atoms with Crippen LogP contribution in [0.3, 0.4) is 0 Å². The van der Waals surface area contributed by atoms with E-state index < -0.39 is 0 Å². The Kier molecular flexibility index (Phi) is 2.79. The second-order valence-corrected chi connectivity index (χ2v) is 4.68. The molecule has 0 unspecified atom stereocenters. The molecule has 13 heavy (non-hydrogen) atoms.